The predicted molar refractivity (Wildman–Crippen MR) is 118 cm³/mol. The van der Waals surface area contributed by atoms with Crippen LogP contribution in [0.15, 0.2) is 42.6 Å². The van der Waals surface area contributed by atoms with E-state index < -0.39 is 0 Å². The number of benzene rings is 1. The molecule has 0 bridgehead atoms. The molecule has 2 aliphatic heterocycles. The van der Waals surface area contributed by atoms with Crippen LogP contribution in [0.5, 0.6) is 5.88 Å². The van der Waals surface area contributed by atoms with E-state index in [1.54, 1.807) is 6.20 Å². The van der Waals surface area contributed by atoms with Crippen molar-refractivity contribution in [3.8, 4) is 5.88 Å². The van der Waals surface area contributed by atoms with Gasteiger partial charge in [-0.2, -0.15) is 4.98 Å². The van der Waals surface area contributed by atoms with Gasteiger partial charge in [0.2, 0.25) is 11.8 Å². The van der Waals surface area contributed by atoms with Crippen molar-refractivity contribution < 1.29 is 9.84 Å². The third-order valence-corrected chi connectivity index (χ3v) is 5.96. The Morgan fingerprint density at radius 2 is 1.83 bits per heavy atom. The number of aromatic nitrogens is 3. The van der Waals surface area contributed by atoms with Crippen molar-refractivity contribution in [1.82, 2.24) is 15.0 Å². The summed E-state index contributed by atoms with van der Waals surface area (Å²) >= 11 is 0. The highest BCUT2D eigenvalue weighted by Gasteiger charge is 2.31. The first kappa shape index (κ1) is 19.1. The number of nitrogens with zero attached hydrogens (tertiary/aromatic N) is 5. The maximum Gasteiger partial charge on any atom is 0.228 e. The van der Waals surface area contributed by atoms with Gasteiger partial charge in [-0.1, -0.05) is 18.2 Å². The topological polar surface area (TPSA) is 74.6 Å². The second-order valence-electron chi connectivity index (χ2n) is 8.05. The number of pyridine rings is 1. The Bertz CT molecular complexity index is 1030. The fourth-order valence-corrected chi connectivity index (χ4v) is 4.02. The fourth-order valence-electron chi connectivity index (χ4n) is 4.02. The van der Waals surface area contributed by atoms with Crippen molar-refractivity contribution in [1.29, 1.82) is 0 Å². The van der Waals surface area contributed by atoms with E-state index in [2.05, 4.69) is 31.9 Å². The van der Waals surface area contributed by atoms with Crippen molar-refractivity contribution in [2.24, 2.45) is 5.92 Å². The Morgan fingerprint density at radius 3 is 2.63 bits per heavy atom. The first-order chi connectivity index (χ1) is 14.7. The van der Waals surface area contributed by atoms with E-state index in [4.69, 9.17) is 17.6 Å². The largest absolute Gasteiger partial charge is 0.471 e. The van der Waals surface area contributed by atoms with Crippen LogP contribution in [0, 0.1) is 5.92 Å². The van der Waals surface area contributed by atoms with Gasteiger partial charge in [-0.3, -0.25) is 0 Å². The maximum atomic E-state index is 9.32. The Morgan fingerprint density at radius 1 is 1.03 bits per heavy atom. The van der Waals surface area contributed by atoms with E-state index in [1.807, 2.05) is 24.3 Å². The van der Waals surface area contributed by atoms with E-state index in [9.17, 15) is 5.11 Å². The summed E-state index contributed by atoms with van der Waals surface area (Å²) in [6.07, 6.45) is 3.52. The molecule has 3 aromatic rings. The molecule has 1 N–H and O–H groups in total. The number of hydrogen-bond acceptors (Lipinski definition) is 7. The molecular weight excluding hydrogens is 377 g/mol. The smallest absolute Gasteiger partial charge is 0.228 e. The van der Waals surface area contributed by atoms with Gasteiger partial charge in [-0.15, -0.1) is 0 Å². The van der Waals surface area contributed by atoms with Gasteiger partial charge >= 0.3 is 0 Å². The van der Waals surface area contributed by atoms with Crippen LogP contribution in [0.1, 0.15) is 12.8 Å². The molecule has 0 unspecified atom stereocenters. The molecule has 2 aliphatic rings. The average molecular weight is 401 g/mol. The molecule has 2 aromatic heterocycles. The average Bonchev–Trinajstić information content (AvgIpc) is 2.77. The lowest BCUT2D eigenvalue weighted by Gasteiger charge is -2.40. The normalized spacial score (nSPS) is 17.9. The molecule has 2 fully saturated rings. The van der Waals surface area contributed by atoms with Crippen molar-refractivity contribution in [3.63, 3.8) is 0 Å². The zero-order valence-electron chi connectivity index (χ0n) is 16.8. The Hall–Kier alpha value is -2.87. The van der Waals surface area contributed by atoms with Crippen LogP contribution in [0.25, 0.3) is 10.9 Å². The SMILES string of the molecule is [B]c1cnc(N2CCC(CO)CC2)nc1OC1CN(c2ccc3ccccc3n2)C1. The number of anilines is 2. The molecule has 0 saturated carbocycles. The standard InChI is InChI=1S/C22H24BN5O2/c23-18-11-24-22(27-9-7-15(14-29)8-10-27)26-21(18)30-17-12-28(13-17)20-6-5-16-3-1-2-4-19(16)25-20/h1-6,11,15,17,29H,7-10,12-14H2. The van der Waals surface area contributed by atoms with Crippen molar-refractivity contribution >= 4 is 36.0 Å². The van der Waals surface area contributed by atoms with Gasteiger partial charge in [0.25, 0.3) is 0 Å². The Balaban J connectivity index is 1.22. The number of piperidine rings is 1. The first-order valence-corrected chi connectivity index (χ1v) is 10.5. The maximum absolute atomic E-state index is 9.32. The molecule has 0 aliphatic carbocycles. The summed E-state index contributed by atoms with van der Waals surface area (Å²) in [7, 11) is 6.07. The summed E-state index contributed by atoms with van der Waals surface area (Å²) in [5.74, 6) is 2.41. The molecule has 0 amide bonds. The van der Waals surface area contributed by atoms with Gasteiger partial charge in [0.05, 0.1) is 18.6 Å². The van der Waals surface area contributed by atoms with Gasteiger partial charge < -0.3 is 19.6 Å². The van der Waals surface area contributed by atoms with Crippen LogP contribution in [0.4, 0.5) is 11.8 Å². The van der Waals surface area contributed by atoms with Crippen molar-refractivity contribution in [2.75, 3.05) is 42.6 Å². The molecule has 2 saturated heterocycles. The van der Waals surface area contributed by atoms with Gasteiger partial charge in [-0.05, 0) is 42.4 Å². The van der Waals surface area contributed by atoms with E-state index in [-0.39, 0.29) is 12.7 Å². The molecular formula is C22H24BN5O2. The van der Waals surface area contributed by atoms with Gasteiger partial charge in [0, 0.05) is 31.3 Å². The number of para-hydroxylation sites is 1. The summed E-state index contributed by atoms with van der Waals surface area (Å²) in [6.45, 7) is 3.39. The molecule has 0 atom stereocenters. The molecule has 30 heavy (non-hydrogen) atoms. The lowest BCUT2D eigenvalue weighted by atomic mass is 9.98. The fraction of sp³-hybridized carbons (Fsp3) is 0.409. The molecule has 5 rings (SSSR count). The summed E-state index contributed by atoms with van der Waals surface area (Å²) in [5.41, 5.74) is 1.44. The third kappa shape index (κ3) is 3.79. The summed E-state index contributed by atoms with van der Waals surface area (Å²) in [6, 6.07) is 12.3. The van der Waals surface area contributed by atoms with Crippen LogP contribution < -0.4 is 20.0 Å². The minimum Gasteiger partial charge on any atom is -0.471 e. The predicted octanol–water partition coefficient (Wildman–Crippen LogP) is 1.29. The Kier molecular flexibility index (Phi) is 5.17. The number of hydrogen-bond donors (Lipinski definition) is 1. The summed E-state index contributed by atoms with van der Waals surface area (Å²) < 4.78 is 6.08. The molecule has 0 spiro atoms. The number of ether oxygens (including phenoxy) is 1. The van der Waals surface area contributed by atoms with Gasteiger partial charge in [0.15, 0.2) is 0 Å². The lowest BCUT2D eigenvalue weighted by Crippen LogP contribution is -2.54. The van der Waals surface area contributed by atoms with Gasteiger partial charge in [-0.25, -0.2) is 9.97 Å². The minimum absolute atomic E-state index is 0.0171. The molecule has 152 valence electrons. The summed E-state index contributed by atoms with van der Waals surface area (Å²) in [5, 5.41) is 10.5. The third-order valence-electron chi connectivity index (χ3n) is 5.96. The zero-order valence-corrected chi connectivity index (χ0v) is 16.8. The molecule has 8 heteroatoms. The monoisotopic (exact) mass is 401 g/mol. The quantitative estimate of drug-likeness (QED) is 0.646. The van der Waals surface area contributed by atoms with E-state index in [0.717, 1.165) is 55.7 Å². The molecule has 1 aromatic carbocycles. The van der Waals surface area contributed by atoms with Crippen LogP contribution >= 0.6 is 0 Å². The highest BCUT2D eigenvalue weighted by molar-refractivity contribution is 6.33. The van der Waals surface area contributed by atoms with Crippen LogP contribution in [-0.2, 0) is 0 Å². The number of aliphatic hydroxyl groups excluding tert-OH is 1. The van der Waals surface area contributed by atoms with Crippen molar-refractivity contribution in [3.05, 3.63) is 42.6 Å². The summed E-state index contributed by atoms with van der Waals surface area (Å²) in [4.78, 5) is 18.0. The molecule has 7 nitrogen and oxygen atoms in total. The second kappa shape index (κ2) is 8.10. The number of fused-ring (bicyclic) bond motifs is 1. The first-order valence-electron chi connectivity index (χ1n) is 10.5. The highest BCUT2D eigenvalue weighted by Crippen LogP contribution is 2.25. The van der Waals surface area contributed by atoms with Crippen LogP contribution in [-0.4, -0.2) is 66.8 Å². The lowest BCUT2D eigenvalue weighted by molar-refractivity contribution is 0.161. The molecule has 4 heterocycles. The Labute approximate surface area is 177 Å². The van der Waals surface area contributed by atoms with Crippen molar-refractivity contribution in [2.45, 2.75) is 18.9 Å². The number of rotatable bonds is 5. The highest BCUT2D eigenvalue weighted by atomic mass is 16.5. The second-order valence-corrected chi connectivity index (χ2v) is 8.05. The van der Waals surface area contributed by atoms with E-state index in [0.29, 0.717) is 23.2 Å². The molecule has 2 radical (unpaired) electrons. The van der Waals surface area contributed by atoms with E-state index in [1.165, 1.54) is 0 Å². The zero-order chi connectivity index (χ0) is 20.5. The minimum atomic E-state index is 0.0171. The van der Waals surface area contributed by atoms with Gasteiger partial charge in [0.1, 0.15) is 19.8 Å². The number of aliphatic hydroxyl groups is 1. The van der Waals surface area contributed by atoms with Crippen LogP contribution in [0.3, 0.4) is 0 Å². The van der Waals surface area contributed by atoms with E-state index >= 15 is 0 Å². The van der Waals surface area contributed by atoms with Crippen LogP contribution in [0.2, 0.25) is 0 Å².